The van der Waals surface area contributed by atoms with Gasteiger partial charge in [0, 0.05) is 24.8 Å². The van der Waals surface area contributed by atoms with Crippen molar-refractivity contribution >= 4 is 11.5 Å². The van der Waals surface area contributed by atoms with Crippen molar-refractivity contribution < 1.29 is 5.21 Å². The second kappa shape index (κ2) is 6.31. The molecule has 2 aromatic carbocycles. The van der Waals surface area contributed by atoms with Crippen LogP contribution in [0.1, 0.15) is 22.3 Å². The van der Waals surface area contributed by atoms with Crippen LogP contribution in [0.15, 0.2) is 47.6 Å². The maximum absolute atomic E-state index is 8.90. The molecule has 110 valence electrons. The van der Waals surface area contributed by atoms with Crippen molar-refractivity contribution in [1.29, 1.82) is 0 Å². The first-order valence-electron chi connectivity index (χ1n) is 6.86. The molecule has 0 aliphatic carbocycles. The van der Waals surface area contributed by atoms with E-state index in [2.05, 4.69) is 42.1 Å². The summed E-state index contributed by atoms with van der Waals surface area (Å²) in [7, 11) is 2.00. The number of rotatable bonds is 4. The van der Waals surface area contributed by atoms with E-state index in [4.69, 9.17) is 10.9 Å². The van der Waals surface area contributed by atoms with Crippen LogP contribution >= 0.6 is 0 Å². The number of amidine groups is 1. The number of oxime groups is 1. The minimum Gasteiger partial charge on any atom is -0.409 e. The maximum atomic E-state index is 8.90. The molecule has 0 aromatic heterocycles. The van der Waals surface area contributed by atoms with Gasteiger partial charge in [0.2, 0.25) is 0 Å². The van der Waals surface area contributed by atoms with Crippen molar-refractivity contribution in [3.63, 3.8) is 0 Å². The van der Waals surface area contributed by atoms with Crippen molar-refractivity contribution in [1.82, 2.24) is 0 Å². The summed E-state index contributed by atoms with van der Waals surface area (Å²) < 4.78 is 0. The zero-order valence-corrected chi connectivity index (χ0v) is 12.7. The van der Waals surface area contributed by atoms with E-state index in [1.807, 2.05) is 31.3 Å². The van der Waals surface area contributed by atoms with Crippen LogP contribution < -0.4 is 10.6 Å². The summed E-state index contributed by atoms with van der Waals surface area (Å²) in [5, 5.41) is 12.0. The lowest BCUT2D eigenvalue weighted by atomic mass is 10.1. The number of nitrogens with two attached hydrogens (primary N) is 1. The highest BCUT2D eigenvalue weighted by Gasteiger charge is 2.11. The third-order valence-corrected chi connectivity index (χ3v) is 3.40. The number of benzene rings is 2. The molecule has 0 unspecified atom stereocenters. The second-order valence-corrected chi connectivity index (χ2v) is 5.35. The summed E-state index contributed by atoms with van der Waals surface area (Å²) in [5.41, 5.74) is 11.2. The first-order chi connectivity index (χ1) is 10.0. The first-order valence-corrected chi connectivity index (χ1v) is 6.86. The van der Waals surface area contributed by atoms with Gasteiger partial charge in [-0.25, -0.2) is 0 Å². The number of anilines is 1. The van der Waals surface area contributed by atoms with Crippen molar-refractivity contribution in [3.05, 3.63) is 64.7 Å². The van der Waals surface area contributed by atoms with E-state index in [0.717, 1.165) is 17.8 Å². The minimum atomic E-state index is 0.123. The van der Waals surface area contributed by atoms with Crippen molar-refractivity contribution in [3.8, 4) is 0 Å². The van der Waals surface area contributed by atoms with Gasteiger partial charge in [-0.15, -0.1) is 0 Å². The van der Waals surface area contributed by atoms with Crippen LogP contribution in [0.25, 0.3) is 0 Å². The predicted octanol–water partition coefficient (Wildman–Crippen LogP) is 3.03. The highest BCUT2D eigenvalue weighted by Crippen LogP contribution is 2.21. The number of hydrogen-bond donors (Lipinski definition) is 2. The van der Waals surface area contributed by atoms with Gasteiger partial charge >= 0.3 is 0 Å². The van der Waals surface area contributed by atoms with E-state index < -0.39 is 0 Å². The van der Waals surface area contributed by atoms with Gasteiger partial charge in [-0.2, -0.15) is 0 Å². The third kappa shape index (κ3) is 3.54. The molecule has 4 nitrogen and oxygen atoms in total. The van der Waals surface area contributed by atoms with E-state index in [9.17, 15) is 0 Å². The average molecular weight is 283 g/mol. The van der Waals surface area contributed by atoms with Crippen LogP contribution in [0.2, 0.25) is 0 Å². The molecule has 0 fully saturated rings. The Bertz CT molecular complexity index is 645. The molecule has 0 saturated carbocycles. The van der Waals surface area contributed by atoms with Crippen LogP contribution in [-0.2, 0) is 6.54 Å². The fourth-order valence-corrected chi connectivity index (χ4v) is 2.60. The van der Waals surface area contributed by atoms with Gasteiger partial charge in [0.05, 0.1) is 0 Å². The Balaban J connectivity index is 2.30. The van der Waals surface area contributed by atoms with Gasteiger partial charge in [-0.1, -0.05) is 46.6 Å². The molecule has 2 aromatic rings. The van der Waals surface area contributed by atoms with E-state index in [1.165, 1.54) is 16.7 Å². The Labute approximate surface area is 125 Å². The van der Waals surface area contributed by atoms with E-state index in [1.54, 1.807) is 0 Å². The molecule has 0 heterocycles. The van der Waals surface area contributed by atoms with E-state index >= 15 is 0 Å². The Morgan fingerprint density at radius 3 is 2.38 bits per heavy atom. The SMILES string of the molecule is Cc1cc(C)cc(CN(C)c2ccccc2/C(N)=N/O)c1. The summed E-state index contributed by atoms with van der Waals surface area (Å²) in [6.07, 6.45) is 0. The Morgan fingerprint density at radius 2 is 1.76 bits per heavy atom. The fourth-order valence-electron chi connectivity index (χ4n) is 2.60. The first kappa shape index (κ1) is 14.9. The van der Waals surface area contributed by atoms with Gasteiger partial charge in [-0.3, -0.25) is 0 Å². The lowest BCUT2D eigenvalue weighted by molar-refractivity contribution is 0.318. The van der Waals surface area contributed by atoms with Crippen LogP contribution in [0.5, 0.6) is 0 Å². The molecule has 3 N–H and O–H groups in total. The quantitative estimate of drug-likeness (QED) is 0.392. The van der Waals surface area contributed by atoms with Crippen molar-refractivity contribution in [2.75, 3.05) is 11.9 Å². The lowest BCUT2D eigenvalue weighted by Gasteiger charge is -2.22. The molecule has 0 spiro atoms. The normalized spacial score (nSPS) is 11.5. The summed E-state index contributed by atoms with van der Waals surface area (Å²) in [5.74, 6) is 0.123. The third-order valence-electron chi connectivity index (χ3n) is 3.40. The highest BCUT2D eigenvalue weighted by molar-refractivity contribution is 6.02. The fraction of sp³-hybridized carbons (Fsp3) is 0.235. The van der Waals surface area contributed by atoms with E-state index in [-0.39, 0.29) is 5.84 Å². The van der Waals surface area contributed by atoms with Gasteiger partial charge in [-0.05, 0) is 31.5 Å². The molecular formula is C17H21N3O. The molecule has 2 rings (SSSR count). The van der Waals surface area contributed by atoms with E-state index in [0.29, 0.717) is 0 Å². The number of hydrogen-bond acceptors (Lipinski definition) is 3. The average Bonchev–Trinajstić information content (AvgIpc) is 2.45. The molecular weight excluding hydrogens is 262 g/mol. The number of aryl methyl sites for hydroxylation is 2. The number of nitrogens with zero attached hydrogens (tertiary/aromatic N) is 2. The predicted molar refractivity (Wildman–Crippen MR) is 87.0 cm³/mol. The van der Waals surface area contributed by atoms with Crippen molar-refractivity contribution in [2.24, 2.45) is 10.9 Å². The summed E-state index contributed by atoms with van der Waals surface area (Å²) in [4.78, 5) is 2.10. The largest absolute Gasteiger partial charge is 0.409 e. The Morgan fingerprint density at radius 1 is 1.14 bits per heavy atom. The monoisotopic (exact) mass is 283 g/mol. The molecule has 0 amide bonds. The zero-order chi connectivity index (χ0) is 15.4. The van der Waals surface area contributed by atoms with Crippen LogP contribution in [-0.4, -0.2) is 18.1 Å². The molecule has 0 atom stereocenters. The van der Waals surface area contributed by atoms with Gasteiger partial charge in [0.1, 0.15) is 0 Å². The van der Waals surface area contributed by atoms with Crippen LogP contribution in [0.3, 0.4) is 0 Å². The molecule has 0 saturated heterocycles. The highest BCUT2D eigenvalue weighted by atomic mass is 16.4. The Kier molecular flexibility index (Phi) is 4.48. The molecule has 0 aliphatic heterocycles. The zero-order valence-electron chi connectivity index (χ0n) is 12.7. The second-order valence-electron chi connectivity index (χ2n) is 5.35. The van der Waals surface area contributed by atoms with Crippen molar-refractivity contribution in [2.45, 2.75) is 20.4 Å². The van der Waals surface area contributed by atoms with Gasteiger partial charge in [0.25, 0.3) is 0 Å². The molecule has 4 heteroatoms. The van der Waals surface area contributed by atoms with Gasteiger partial charge in [0.15, 0.2) is 5.84 Å². The summed E-state index contributed by atoms with van der Waals surface area (Å²) in [6.45, 7) is 4.96. The topological polar surface area (TPSA) is 61.8 Å². The summed E-state index contributed by atoms with van der Waals surface area (Å²) >= 11 is 0. The molecule has 21 heavy (non-hydrogen) atoms. The molecule has 0 bridgehead atoms. The molecule has 0 radical (unpaired) electrons. The lowest BCUT2D eigenvalue weighted by Crippen LogP contribution is -2.22. The van der Waals surface area contributed by atoms with Gasteiger partial charge < -0.3 is 15.8 Å². The minimum absolute atomic E-state index is 0.123. The van der Waals surface area contributed by atoms with Crippen LogP contribution in [0, 0.1) is 13.8 Å². The Hall–Kier alpha value is -2.49. The number of para-hydroxylation sites is 1. The summed E-state index contributed by atoms with van der Waals surface area (Å²) in [6, 6.07) is 14.2. The smallest absolute Gasteiger partial charge is 0.172 e. The molecule has 0 aliphatic rings. The van der Waals surface area contributed by atoms with Crippen LogP contribution in [0.4, 0.5) is 5.69 Å². The standard InChI is InChI=1S/C17H21N3O/c1-12-8-13(2)10-14(9-12)11-20(3)16-7-5-4-6-15(16)17(18)19-21/h4-10,21H,11H2,1-3H3,(H2,18,19). The maximum Gasteiger partial charge on any atom is 0.172 e.